The van der Waals surface area contributed by atoms with Crippen LogP contribution in [0, 0.1) is 0 Å². The Labute approximate surface area is 147 Å². The van der Waals surface area contributed by atoms with Gasteiger partial charge in [0.25, 0.3) is 0 Å². The standard InChI is InChI=1S/C21H21NO3/c1-21(2,3)18-17(20(23)24-14-15-10-6-4-7-11-15)22-19(25-18)16-12-8-5-9-13-16/h4-13H,14H2,1-3H3. The molecule has 0 spiro atoms. The molecule has 2 aromatic carbocycles. The number of ether oxygens (including phenoxy) is 1. The molecular formula is C21H21NO3. The van der Waals surface area contributed by atoms with Crippen LogP contribution < -0.4 is 0 Å². The van der Waals surface area contributed by atoms with Crippen molar-refractivity contribution >= 4 is 5.97 Å². The van der Waals surface area contributed by atoms with Gasteiger partial charge in [-0.05, 0) is 17.7 Å². The molecule has 0 saturated carbocycles. The second kappa shape index (κ2) is 6.93. The zero-order valence-corrected chi connectivity index (χ0v) is 14.7. The van der Waals surface area contributed by atoms with Gasteiger partial charge < -0.3 is 9.15 Å². The van der Waals surface area contributed by atoms with E-state index >= 15 is 0 Å². The fourth-order valence-corrected chi connectivity index (χ4v) is 2.46. The lowest BCUT2D eigenvalue weighted by molar-refractivity contribution is 0.0461. The topological polar surface area (TPSA) is 52.3 Å². The molecule has 0 radical (unpaired) electrons. The molecule has 1 aromatic heterocycles. The van der Waals surface area contributed by atoms with E-state index in [1.54, 1.807) is 0 Å². The Kier molecular flexibility index (Phi) is 4.70. The number of aromatic nitrogens is 1. The third kappa shape index (κ3) is 3.97. The third-order valence-electron chi connectivity index (χ3n) is 3.74. The molecule has 25 heavy (non-hydrogen) atoms. The number of nitrogens with zero attached hydrogens (tertiary/aromatic N) is 1. The lowest BCUT2D eigenvalue weighted by atomic mass is 9.92. The van der Waals surface area contributed by atoms with E-state index in [-0.39, 0.29) is 17.7 Å². The molecule has 0 N–H and O–H groups in total. The molecule has 0 aliphatic carbocycles. The molecule has 0 aliphatic heterocycles. The van der Waals surface area contributed by atoms with Crippen molar-refractivity contribution in [2.24, 2.45) is 0 Å². The zero-order valence-electron chi connectivity index (χ0n) is 14.7. The normalized spacial score (nSPS) is 11.3. The number of rotatable bonds is 4. The Bertz CT molecular complexity index is 846. The van der Waals surface area contributed by atoms with Crippen LogP contribution in [0.1, 0.15) is 42.6 Å². The number of oxazole rings is 1. The number of carbonyl (C=O) groups is 1. The highest BCUT2D eigenvalue weighted by Crippen LogP contribution is 2.31. The molecule has 0 atom stereocenters. The summed E-state index contributed by atoms with van der Waals surface area (Å²) in [7, 11) is 0. The fraction of sp³-hybridized carbons (Fsp3) is 0.238. The van der Waals surface area contributed by atoms with Crippen molar-refractivity contribution in [1.29, 1.82) is 0 Å². The van der Waals surface area contributed by atoms with Gasteiger partial charge >= 0.3 is 5.97 Å². The van der Waals surface area contributed by atoms with E-state index in [2.05, 4.69) is 4.98 Å². The van der Waals surface area contributed by atoms with Crippen molar-refractivity contribution in [3.63, 3.8) is 0 Å². The van der Waals surface area contributed by atoms with Crippen LogP contribution in [0.15, 0.2) is 65.1 Å². The summed E-state index contributed by atoms with van der Waals surface area (Å²) in [6, 6.07) is 19.1. The van der Waals surface area contributed by atoms with Crippen LogP contribution in [0.25, 0.3) is 11.5 Å². The predicted octanol–water partition coefficient (Wildman–Crippen LogP) is 5.00. The summed E-state index contributed by atoms with van der Waals surface area (Å²) >= 11 is 0. The van der Waals surface area contributed by atoms with Gasteiger partial charge in [-0.3, -0.25) is 0 Å². The van der Waals surface area contributed by atoms with Gasteiger partial charge in [0.1, 0.15) is 12.4 Å². The smallest absolute Gasteiger partial charge is 0.360 e. The summed E-state index contributed by atoms with van der Waals surface area (Å²) in [6.07, 6.45) is 0. The average Bonchev–Trinajstić information content (AvgIpc) is 3.07. The van der Waals surface area contributed by atoms with Crippen LogP contribution in [0.3, 0.4) is 0 Å². The highest BCUT2D eigenvalue weighted by atomic mass is 16.5. The Morgan fingerprint density at radius 1 is 1.00 bits per heavy atom. The Hall–Kier alpha value is -2.88. The Morgan fingerprint density at radius 3 is 2.20 bits per heavy atom. The maximum Gasteiger partial charge on any atom is 0.360 e. The number of hydrogen-bond acceptors (Lipinski definition) is 4. The minimum atomic E-state index is -0.472. The molecule has 0 fully saturated rings. The van der Waals surface area contributed by atoms with E-state index in [4.69, 9.17) is 9.15 Å². The summed E-state index contributed by atoms with van der Waals surface area (Å²) in [5, 5.41) is 0. The minimum Gasteiger partial charge on any atom is -0.456 e. The molecule has 0 aliphatic rings. The molecule has 3 aromatic rings. The van der Waals surface area contributed by atoms with E-state index in [0.717, 1.165) is 11.1 Å². The molecule has 3 rings (SSSR count). The van der Waals surface area contributed by atoms with Crippen molar-refractivity contribution < 1.29 is 13.9 Å². The highest BCUT2D eigenvalue weighted by molar-refractivity contribution is 5.89. The van der Waals surface area contributed by atoms with Gasteiger partial charge in [0.2, 0.25) is 5.89 Å². The van der Waals surface area contributed by atoms with Crippen LogP contribution >= 0.6 is 0 Å². The lowest BCUT2D eigenvalue weighted by Gasteiger charge is -2.15. The first-order chi connectivity index (χ1) is 11.9. The van der Waals surface area contributed by atoms with Gasteiger partial charge in [0.15, 0.2) is 5.69 Å². The first kappa shape index (κ1) is 17.0. The van der Waals surface area contributed by atoms with E-state index in [0.29, 0.717) is 11.7 Å². The maximum atomic E-state index is 12.6. The number of carbonyl (C=O) groups excluding carboxylic acids is 1. The molecule has 0 amide bonds. The first-order valence-corrected chi connectivity index (χ1v) is 8.23. The van der Waals surface area contributed by atoms with Gasteiger partial charge in [-0.1, -0.05) is 69.3 Å². The van der Waals surface area contributed by atoms with Gasteiger partial charge in [0.05, 0.1) is 0 Å². The van der Waals surface area contributed by atoms with Gasteiger partial charge in [-0.15, -0.1) is 0 Å². The van der Waals surface area contributed by atoms with Gasteiger partial charge in [-0.2, -0.15) is 0 Å². The van der Waals surface area contributed by atoms with E-state index < -0.39 is 5.97 Å². The second-order valence-electron chi connectivity index (χ2n) is 6.87. The quantitative estimate of drug-likeness (QED) is 0.630. The van der Waals surface area contributed by atoms with E-state index in [1.165, 1.54) is 0 Å². The third-order valence-corrected chi connectivity index (χ3v) is 3.74. The molecule has 128 valence electrons. The van der Waals surface area contributed by atoms with Crippen LogP contribution in [0.5, 0.6) is 0 Å². The van der Waals surface area contributed by atoms with Crippen LogP contribution in [-0.4, -0.2) is 11.0 Å². The SMILES string of the molecule is CC(C)(C)c1oc(-c2ccccc2)nc1C(=O)OCc1ccccc1. The van der Waals surface area contributed by atoms with E-state index in [1.807, 2.05) is 81.4 Å². The Balaban J connectivity index is 1.88. The highest BCUT2D eigenvalue weighted by Gasteiger charge is 2.30. The summed E-state index contributed by atoms with van der Waals surface area (Å²) in [5.41, 5.74) is 1.64. The summed E-state index contributed by atoms with van der Waals surface area (Å²) in [5.74, 6) is 0.487. The summed E-state index contributed by atoms with van der Waals surface area (Å²) in [6.45, 7) is 6.15. The van der Waals surface area contributed by atoms with Gasteiger partial charge in [-0.25, -0.2) is 9.78 Å². The minimum absolute atomic E-state index is 0.205. The number of esters is 1. The predicted molar refractivity (Wildman–Crippen MR) is 96.2 cm³/mol. The molecular weight excluding hydrogens is 314 g/mol. The number of benzene rings is 2. The van der Waals surface area contributed by atoms with Crippen molar-refractivity contribution in [1.82, 2.24) is 4.98 Å². The lowest BCUT2D eigenvalue weighted by Crippen LogP contribution is -2.17. The van der Waals surface area contributed by atoms with Crippen LogP contribution in [0.2, 0.25) is 0 Å². The molecule has 4 heteroatoms. The van der Waals surface area contributed by atoms with E-state index in [9.17, 15) is 4.79 Å². The van der Waals surface area contributed by atoms with Gasteiger partial charge in [0, 0.05) is 11.0 Å². The second-order valence-corrected chi connectivity index (χ2v) is 6.87. The largest absolute Gasteiger partial charge is 0.456 e. The summed E-state index contributed by atoms with van der Waals surface area (Å²) < 4.78 is 11.4. The molecule has 1 heterocycles. The molecule has 0 bridgehead atoms. The molecule has 0 saturated heterocycles. The average molecular weight is 335 g/mol. The fourth-order valence-electron chi connectivity index (χ4n) is 2.46. The monoisotopic (exact) mass is 335 g/mol. The van der Waals surface area contributed by atoms with Crippen molar-refractivity contribution in [3.8, 4) is 11.5 Å². The molecule has 4 nitrogen and oxygen atoms in total. The maximum absolute atomic E-state index is 12.6. The first-order valence-electron chi connectivity index (χ1n) is 8.23. The molecule has 0 unspecified atom stereocenters. The zero-order chi connectivity index (χ0) is 17.9. The van der Waals surface area contributed by atoms with Crippen LogP contribution in [0.4, 0.5) is 0 Å². The van der Waals surface area contributed by atoms with Crippen molar-refractivity contribution in [2.45, 2.75) is 32.8 Å². The van der Waals surface area contributed by atoms with Crippen LogP contribution in [-0.2, 0) is 16.8 Å². The van der Waals surface area contributed by atoms with Crippen molar-refractivity contribution in [3.05, 3.63) is 77.7 Å². The summed E-state index contributed by atoms with van der Waals surface area (Å²) in [4.78, 5) is 17.0. The number of hydrogen-bond donors (Lipinski definition) is 0. The van der Waals surface area contributed by atoms with Crippen molar-refractivity contribution in [2.75, 3.05) is 0 Å². The Morgan fingerprint density at radius 2 is 1.60 bits per heavy atom.